The minimum absolute atomic E-state index is 0.0286. The summed E-state index contributed by atoms with van der Waals surface area (Å²) in [7, 11) is 0. The van der Waals surface area contributed by atoms with Crippen LogP contribution >= 0.6 is 27.3 Å². The number of thiazole rings is 1. The predicted octanol–water partition coefficient (Wildman–Crippen LogP) is 4.95. The van der Waals surface area contributed by atoms with Gasteiger partial charge in [0.15, 0.2) is 5.13 Å². The molecule has 1 aliphatic rings. The van der Waals surface area contributed by atoms with Crippen molar-refractivity contribution < 1.29 is 13.9 Å². The molecule has 0 saturated carbocycles. The number of rotatable bonds is 5. The zero-order valence-electron chi connectivity index (χ0n) is 14.5. The number of aromatic nitrogens is 1. The normalized spacial score (nSPS) is 16.7. The summed E-state index contributed by atoms with van der Waals surface area (Å²) in [6, 6.07) is 11.9. The maximum atomic E-state index is 13.1. The highest BCUT2D eigenvalue weighted by Gasteiger charge is 2.26. The molecule has 1 saturated heterocycles. The van der Waals surface area contributed by atoms with E-state index >= 15 is 0 Å². The molecule has 1 amide bonds. The molecule has 1 unspecified atom stereocenters. The minimum Gasteiger partial charge on any atom is -0.376 e. The lowest BCUT2D eigenvalue weighted by molar-refractivity contribution is -0.118. The molecule has 7 heteroatoms. The molecular weight excluding hydrogens is 431 g/mol. The summed E-state index contributed by atoms with van der Waals surface area (Å²) in [4.78, 5) is 19.4. The molecule has 0 spiro atoms. The van der Waals surface area contributed by atoms with Crippen molar-refractivity contribution in [1.29, 1.82) is 0 Å². The number of halogens is 2. The SMILES string of the molecule is O=C(Cc1ccc(F)cc1)N(CC1CCCO1)c1nc2ccc(Br)cc2s1. The zero-order chi connectivity index (χ0) is 18.8. The van der Waals surface area contributed by atoms with E-state index in [1.807, 2.05) is 18.2 Å². The summed E-state index contributed by atoms with van der Waals surface area (Å²) in [5.74, 6) is -0.366. The van der Waals surface area contributed by atoms with Gasteiger partial charge in [-0.3, -0.25) is 9.69 Å². The monoisotopic (exact) mass is 448 g/mol. The molecule has 2 heterocycles. The van der Waals surface area contributed by atoms with Crippen molar-refractivity contribution >= 4 is 48.5 Å². The van der Waals surface area contributed by atoms with Gasteiger partial charge in [-0.25, -0.2) is 9.37 Å². The van der Waals surface area contributed by atoms with Crippen LogP contribution in [-0.4, -0.2) is 30.1 Å². The van der Waals surface area contributed by atoms with Crippen molar-refractivity contribution in [3.63, 3.8) is 0 Å². The fraction of sp³-hybridized carbons (Fsp3) is 0.300. The third-order valence-corrected chi connectivity index (χ3v) is 6.08. The number of ether oxygens (including phenoxy) is 1. The second-order valence-corrected chi connectivity index (χ2v) is 8.48. The van der Waals surface area contributed by atoms with Crippen LogP contribution in [0.1, 0.15) is 18.4 Å². The van der Waals surface area contributed by atoms with Gasteiger partial charge >= 0.3 is 0 Å². The van der Waals surface area contributed by atoms with E-state index in [-0.39, 0.29) is 24.2 Å². The van der Waals surface area contributed by atoms with Crippen LogP contribution in [0.4, 0.5) is 9.52 Å². The molecule has 0 bridgehead atoms. The standard InChI is InChI=1S/C20H18BrFN2O2S/c21-14-5-8-17-18(11-14)27-20(23-17)24(12-16-2-1-9-26-16)19(25)10-13-3-6-15(22)7-4-13/h3-8,11,16H,1-2,9-10,12H2. The van der Waals surface area contributed by atoms with Crippen LogP contribution < -0.4 is 4.90 Å². The van der Waals surface area contributed by atoms with Crippen LogP contribution in [0, 0.1) is 5.82 Å². The molecule has 3 aromatic rings. The maximum Gasteiger partial charge on any atom is 0.233 e. The smallest absolute Gasteiger partial charge is 0.233 e. The number of anilines is 1. The molecule has 1 fully saturated rings. The quantitative estimate of drug-likeness (QED) is 0.554. The van der Waals surface area contributed by atoms with E-state index in [4.69, 9.17) is 4.74 Å². The van der Waals surface area contributed by atoms with Crippen LogP contribution in [-0.2, 0) is 16.0 Å². The second-order valence-electron chi connectivity index (χ2n) is 6.55. The first kappa shape index (κ1) is 18.5. The fourth-order valence-electron chi connectivity index (χ4n) is 3.15. The van der Waals surface area contributed by atoms with Gasteiger partial charge in [-0.2, -0.15) is 0 Å². The topological polar surface area (TPSA) is 42.4 Å². The number of nitrogens with zero attached hydrogens (tertiary/aromatic N) is 2. The minimum atomic E-state index is -0.306. The molecule has 0 radical (unpaired) electrons. The molecule has 4 rings (SSSR count). The van der Waals surface area contributed by atoms with E-state index in [0.29, 0.717) is 11.7 Å². The lowest BCUT2D eigenvalue weighted by atomic mass is 10.1. The predicted molar refractivity (Wildman–Crippen MR) is 109 cm³/mol. The molecule has 140 valence electrons. The van der Waals surface area contributed by atoms with Crippen LogP contribution in [0.25, 0.3) is 10.2 Å². The Labute approximate surface area is 169 Å². The summed E-state index contributed by atoms with van der Waals surface area (Å²) in [5, 5.41) is 0.672. The highest BCUT2D eigenvalue weighted by molar-refractivity contribution is 9.10. The first-order chi connectivity index (χ1) is 13.1. The number of benzene rings is 2. The van der Waals surface area contributed by atoms with Gasteiger partial charge in [0.25, 0.3) is 0 Å². The van der Waals surface area contributed by atoms with Gasteiger partial charge < -0.3 is 4.74 Å². The summed E-state index contributed by atoms with van der Waals surface area (Å²) in [6.07, 6.45) is 2.18. The highest BCUT2D eigenvalue weighted by atomic mass is 79.9. The van der Waals surface area contributed by atoms with Gasteiger partial charge in [0.05, 0.1) is 29.3 Å². The Balaban J connectivity index is 1.62. The Kier molecular flexibility index (Phi) is 5.52. The van der Waals surface area contributed by atoms with Crippen molar-refractivity contribution in [1.82, 2.24) is 4.98 Å². The van der Waals surface area contributed by atoms with Crippen molar-refractivity contribution in [2.75, 3.05) is 18.1 Å². The van der Waals surface area contributed by atoms with Crippen LogP contribution in [0.3, 0.4) is 0 Å². The first-order valence-corrected chi connectivity index (χ1v) is 10.4. The lowest BCUT2D eigenvalue weighted by Gasteiger charge is -2.23. The number of hydrogen-bond donors (Lipinski definition) is 0. The van der Waals surface area contributed by atoms with Crippen molar-refractivity contribution in [2.24, 2.45) is 0 Å². The molecule has 0 N–H and O–H groups in total. The molecule has 27 heavy (non-hydrogen) atoms. The molecule has 2 aromatic carbocycles. The maximum absolute atomic E-state index is 13.1. The Morgan fingerprint density at radius 2 is 2.11 bits per heavy atom. The summed E-state index contributed by atoms with van der Waals surface area (Å²) in [6.45, 7) is 1.22. The summed E-state index contributed by atoms with van der Waals surface area (Å²) < 4.78 is 20.9. The Bertz CT molecular complexity index is 954. The number of fused-ring (bicyclic) bond motifs is 1. The highest BCUT2D eigenvalue weighted by Crippen LogP contribution is 2.32. The molecule has 1 atom stereocenters. The number of carbonyl (C=O) groups is 1. The van der Waals surface area contributed by atoms with E-state index in [1.54, 1.807) is 17.0 Å². The lowest BCUT2D eigenvalue weighted by Crippen LogP contribution is -2.38. The third-order valence-electron chi connectivity index (χ3n) is 4.55. The van der Waals surface area contributed by atoms with Gasteiger partial charge in [-0.1, -0.05) is 39.4 Å². The van der Waals surface area contributed by atoms with E-state index in [1.165, 1.54) is 23.5 Å². The van der Waals surface area contributed by atoms with Gasteiger partial charge in [0, 0.05) is 11.1 Å². The van der Waals surface area contributed by atoms with Gasteiger partial charge in [0.2, 0.25) is 5.91 Å². The van der Waals surface area contributed by atoms with E-state index in [2.05, 4.69) is 20.9 Å². The summed E-state index contributed by atoms with van der Waals surface area (Å²) in [5.41, 5.74) is 1.65. The Hall–Kier alpha value is -1.83. The molecule has 0 aliphatic carbocycles. The van der Waals surface area contributed by atoms with E-state index < -0.39 is 0 Å². The fourth-order valence-corrected chi connectivity index (χ4v) is 4.70. The van der Waals surface area contributed by atoms with Crippen molar-refractivity contribution in [3.05, 3.63) is 58.3 Å². The third kappa shape index (κ3) is 4.36. The Morgan fingerprint density at radius 3 is 2.85 bits per heavy atom. The molecule has 1 aliphatic heterocycles. The van der Waals surface area contributed by atoms with E-state index in [9.17, 15) is 9.18 Å². The summed E-state index contributed by atoms with van der Waals surface area (Å²) >= 11 is 4.97. The molecular formula is C20H18BrFN2O2S. The van der Waals surface area contributed by atoms with Gasteiger partial charge in [-0.15, -0.1) is 0 Å². The number of carbonyl (C=O) groups excluding carboxylic acids is 1. The average Bonchev–Trinajstić information content (AvgIpc) is 3.30. The number of hydrogen-bond acceptors (Lipinski definition) is 4. The molecule has 1 aromatic heterocycles. The van der Waals surface area contributed by atoms with Gasteiger partial charge in [-0.05, 0) is 48.7 Å². The van der Waals surface area contributed by atoms with Gasteiger partial charge in [0.1, 0.15) is 5.82 Å². The van der Waals surface area contributed by atoms with Crippen LogP contribution in [0.2, 0.25) is 0 Å². The Morgan fingerprint density at radius 1 is 1.30 bits per heavy atom. The average molecular weight is 449 g/mol. The van der Waals surface area contributed by atoms with Crippen molar-refractivity contribution in [2.45, 2.75) is 25.4 Å². The number of amides is 1. The van der Waals surface area contributed by atoms with Crippen LogP contribution in [0.5, 0.6) is 0 Å². The largest absolute Gasteiger partial charge is 0.376 e. The zero-order valence-corrected chi connectivity index (χ0v) is 16.9. The second kappa shape index (κ2) is 8.04. The van der Waals surface area contributed by atoms with Crippen LogP contribution in [0.15, 0.2) is 46.9 Å². The first-order valence-electron chi connectivity index (χ1n) is 8.81. The molecule has 4 nitrogen and oxygen atoms in total. The van der Waals surface area contributed by atoms with Crippen molar-refractivity contribution in [3.8, 4) is 0 Å². The van der Waals surface area contributed by atoms with E-state index in [0.717, 1.165) is 39.7 Å².